The van der Waals surface area contributed by atoms with Crippen LogP contribution in [-0.2, 0) is 6.42 Å². The minimum atomic E-state index is 0. The number of rotatable bonds is 5. The smallest absolute Gasteiger partial charge is 0.299 e. The zero-order valence-corrected chi connectivity index (χ0v) is 13.9. The third-order valence-corrected chi connectivity index (χ3v) is 2.72. The Kier molecular flexibility index (Phi) is 8.61. The van der Waals surface area contributed by atoms with Gasteiger partial charge in [0.2, 0.25) is 0 Å². The zero-order valence-electron chi connectivity index (χ0n) is 10.8. The van der Waals surface area contributed by atoms with E-state index in [-0.39, 0.29) is 51.4 Å². The quantitative estimate of drug-likeness (QED) is 0.512. The van der Waals surface area contributed by atoms with E-state index in [1.165, 1.54) is 18.5 Å². The first-order valence-corrected chi connectivity index (χ1v) is 5.57. The van der Waals surface area contributed by atoms with Crippen LogP contribution in [0.3, 0.4) is 0 Å². The Bertz CT molecular complexity index is 231. The van der Waals surface area contributed by atoms with Crippen molar-refractivity contribution in [3.63, 3.8) is 0 Å². The van der Waals surface area contributed by atoms with E-state index in [1.807, 2.05) is 0 Å². The Balaban J connectivity index is 0.00000196. The summed E-state index contributed by atoms with van der Waals surface area (Å²) in [5, 5.41) is 0. The molecular formula is C13H22KN. The van der Waals surface area contributed by atoms with Gasteiger partial charge in [0.05, 0.1) is 0 Å². The van der Waals surface area contributed by atoms with Gasteiger partial charge in [0.15, 0.2) is 0 Å². The largest absolute Gasteiger partial charge is 1.00 e. The molecule has 0 aromatic heterocycles. The van der Waals surface area contributed by atoms with Gasteiger partial charge in [-0.15, -0.1) is 0 Å². The van der Waals surface area contributed by atoms with Gasteiger partial charge in [-0.25, -0.2) is 12.1 Å². The second kappa shape index (κ2) is 8.10. The van der Waals surface area contributed by atoms with Crippen LogP contribution in [0.2, 0.25) is 0 Å². The molecule has 15 heavy (non-hydrogen) atoms. The molecule has 0 aliphatic heterocycles. The van der Waals surface area contributed by atoms with Crippen LogP contribution in [0.15, 0.2) is 24.3 Å². The molecule has 0 saturated carbocycles. The summed E-state index contributed by atoms with van der Waals surface area (Å²) >= 11 is 0. The van der Waals surface area contributed by atoms with Crippen LogP contribution in [0, 0.1) is 0 Å². The van der Waals surface area contributed by atoms with Crippen molar-refractivity contribution in [2.75, 3.05) is 6.54 Å². The maximum absolute atomic E-state index is 2.53. The van der Waals surface area contributed by atoms with Crippen LogP contribution in [-0.4, -0.2) is 23.5 Å². The summed E-state index contributed by atoms with van der Waals surface area (Å²) in [7, 11) is 0. The van der Waals surface area contributed by atoms with Crippen LogP contribution in [0.5, 0.6) is 0 Å². The van der Waals surface area contributed by atoms with E-state index in [4.69, 9.17) is 0 Å². The van der Waals surface area contributed by atoms with Crippen molar-refractivity contribution in [1.29, 1.82) is 0 Å². The fourth-order valence-corrected chi connectivity index (χ4v) is 1.95. The summed E-state index contributed by atoms with van der Waals surface area (Å²) in [6.45, 7) is 10.2. The molecule has 0 radical (unpaired) electrons. The molecule has 0 aliphatic carbocycles. The molecule has 0 fully saturated rings. The number of nitrogens with zero attached hydrogens (tertiary/aromatic N) is 1. The monoisotopic (exact) mass is 231 g/mol. The van der Waals surface area contributed by atoms with E-state index >= 15 is 0 Å². The van der Waals surface area contributed by atoms with E-state index < -0.39 is 0 Å². The molecule has 1 aromatic rings. The summed E-state index contributed by atoms with van der Waals surface area (Å²) in [6.07, 6.45) is 1.17. The minimum Gasteiger partial charge on any atom is -0.299 e. The third kappa shape index (κ3) is 5.71. The van der Waals surface area contributed by atoms with E-state index in [2.05, 4.69) is 56.9 Å². The average molecular weight is 231 g/mol. The van der Waals surface area contributed by atoms with E-state index in [0.29, 0.717) is 12.1 Å². The van der Waals surface area contributed by atoms with Gasteiger partial charge in [0, 0.05) is 12.1 Å². The topological polar surface area (TPSA) is 3.24 Å². The molecule has 1 aromatic carbocycles. The average Bonchev–Trinajstić information content (AvgIpc) is 2.55. The van der Waals surface area contributed by atoms with Crippen molar-refractivity contribution in [3.05, 3.63) is 29.8 Å². The fourth-order valence-electron chi connectivity index (χ4n) is 1.95. The van der Waals surface area contributed by atoms with Crippen molar-refractivity contribution in [2.45, 2.75) is 46.2 Å². The molecule has 2 heteroatoms. The molecule has 1 nitrogen and oxygen atoms in total. The van der Waals surface area contributed by atoms with Gasteiger partial charge >= 0.3 is 51.4 Å². The first-order chi connectivity index (χ1) is 6.61. The van der Waals surface area contributed by atoms with Gasteiger partial charge < -0.3 is 0 Å². The van der Waals surface area contributed by atoms with Gasteiger partial charge in [-0.2, -0.15) is 17.7 Å². The van der Waals surface area contributed by atoms with Crippen molar-refractivity contribution in [3.8, 4) is 0 Å². The summed E-state index contributed by atoms with van der Waals surface area (Å²) < 4.78 is 0. The molecule has 0 bridgehead atoms. The molecule has 80 valence electrons. The third-order valence-electron chi connectivity index (χ3n) is 2.72. The molecule has 0 aliphatic rings. The van der Waals surface area contributed by atoms with E-state index in [1.54, 1.807) is 0 Å². The van der Waals surface area contributed by atoms with Crippen LogP contribution in [0.25, 0.3) is 0 Å². The Morgan fingerprint density at radius 1 is 1.00 bits per heavy atom. The minimum absolute atomic E-state index is 0. The van der Waals surface area contributed by atoms with Crippen molar-refractivity contribution < 1.29 is 51.4 Å². The van der Waals surface area contributed by atoms with E-state index in [9.17, 15) is 0 Å². The summed E-state index contributed by atoms with van der Waals surface area (Å²) in [5.41, 5.74) is 1.45. The maximum atomic E-state index is 2.53. The normalized spacial score (nSPS) is 11.1. The Hall–Kier alpha value is 0.946. The van der Waals surface area contributed by atoms with Gasteiger partial charge in [-0.05, 0) is 34.2 Å². The Morgan fingerprint density at radius 2 is 1.47 bits per heavy atom. The standard InChI is InChI=1S/C13H22N.K/c1-11(2)14(12(3)4)10-9-13-7-5-6-8-13;/h5-8,11-12H,9-10H2,1-4H3;/q-1;+1. The number of hydrogen-bond donors (Lipinski definition) is 0. The van der Waals surface area contributed by atoms with Crippen molar-refractivity contribution >= 4 is 0 Å². The van der Waals surface area contributed by atoms with Gasteiger partial charge in [0.1, 0.15) is 0 Å². The summed E-state index contributed by atoms with van der Waals surface area (Å²) in [6, 6.07) is 9.93. The second-order valence-corrected chi connectivity index (χ2v) is 4.47. The summed E-state index contributed by atoms with van der Waals surface area (Å²) in [4.78, 5) is 2.53. The van der Waals surface area contributed by atoms with Crippen molar-refractivity contribution in [2.24, 2.45) is 0 Å². The predicted molar refractivity (Wildman–Crippen MR) is 62.7 cm³/mol. The first kappa shape index (κ1) is 15.9. The molecule has 0 amide bonds. The van der Waals surface area contributed by atoms with Gasteiger partial charge in [-0.1, -0.05) is 6.42 Å². The fraction of sp³-hybridized carbons (Fsp3) is 0.615. The summed E-state index contributed by atoms with van der Waals surface area (Å²) in [5.74, 6) is 0. The maximum Gasteiger partial charge on any atom is 1.00 e. The molecule has 1 rings (SSSR count). The van der Waals surface area contributed by atoms with Crippen LogP contribution >= 0.6 is 0 Å². The van der Waals surface area contributed by atoms with Crippen LogP contribution < -0.4 is 51.4 Å². The molecule has 0 N–H and O–H groups in total. The van der Waals surface area contributed by atoms with Gasteiger partial charge in [0.25, 0.3) is 0 Å². The zero-order chi connectivity index (χ0) is 10.6. The van der Waals surface area contributed by atoms with Crippen molar-refractivity contribution in [1.82, 2.24) is 4.90 Å². The van der Waals surface area contributed by atoms with Crippen LogP contribution in [0.4, 0.5) is 0 Å². The molecule has 0 saturated heterocycles. The number of hydrogen-bond acceptors (Lipinski definition) is 1. The second-order valence-electron chi connectivity index (χ2n) is 4.47. The first-order valence-electron chi connectivity index (χ1n) is 5.57. The molecule has 0 unspecified atom stereocenters. The molecule has 0 heterocycles. The van der Waals surface area contributed by atoms with Crippen LogP contribution in [0.1, 0.15) is 33.3 Å². The van der Waals surface area contributed by atoms with E-state index in [0.717, 1.165) is 0 Å². The predicted octanol–water partition coefficient (Wildman–Crippen LogP) is 0.0708. The Morgan fingerprint density at radius 3 is 1.87 bits per heavy atom. The Labute approximate surface area is 137 Å². The molecule has 0 spiro atoms. The molecule has 0 atom stereocenters. The SMILES string of the molecule is CC(C)N(CC[c-]1cccc1)C(C)C.[K+]. The van der Waals surface area contributed by atoms with Gasteiger partial charge in [-0.3, -0.25) is 4.90 Å². The molecular weight excluding hydrogens is 209 g/mol.